The van der Waals surface area contributed by atoms with Crippen LogP contribution in [0.25, 0.3) is 0 Å². The summed E-state index contributed by atoms with van der Waals surface area (Å²) in [7, 11) is 3.74. The summed E-state index contributed by atoms with van der Waals surface area (Å²) in [4.78, 5) is 3.39. The second-order valence-electron chi connectivity index (χ2n) is 3.19. The highest BCUT2D eigenvalue weighted by Gasteiger charge is 2.00. The lowest BCUT2D eigenvalue weighted by Gasteiger charge is -2.15. The molecule has 0 radical (unpaired) electrons. The van der Waals surface area contributed by atoms with Gasteiger partial charge in [-0.2, -0.15) is 0 Å². The fourth-order valence-corrected chi connectivity index (χ4v) is 2.40. The maximum absolute atomic E-state index is 8.77. The molecule has 0 aliphatic carbocycles. The van der Waals surface area contributed by atoms with Gasteiger partial charge in [0.2, 0.25) is 0 Å². The van der Waals surface area contributed by atoms with Crippen molar-refractivity contribution in [3.05, 3.63) is 29.8 Å². The fraction of sp³-hybridized carbons (Fsp3) is 0.400. The molecule has 0 aromatic heterocycles. The lowest BCUT2D eigenvalue weighted by atomic mass is 10.2. The van der Waals surface area contributed by atoms with Gasteiger partial charge in [-0.3, -0.25) is 4.90 Å². The van der Waals surface area contributed by atoms with Gasteiger partial charge in [-0.1, -0.05) is 21.1 Å². The summed E-state index contributed by atoms with van der Waals surface area (Å²) in [5.41, 5.74) is 1.29. The average molecular weight is 323 g/mol. The van der Waals surface area contributed by atoms with Crippen LogP contribution in [0.5, 0.6) is 0 Å². The van der Waals surface area contributed by atoms with Gasteiger partial charge in [-0.25, -0.2) is 0 Å². The summed E-state index contributed by atoms with van der Waals surface area (Å²) in [5, 5.41) is 8.77. The van der Waals surface area contributed by atoms with Crippen molar-refractivity contribution in [2.45, 2.75) is 11.4 Å². The smallest absolute Gasteiger partial charge is 0.0558 e. The predicted octanol–water partition coefficient (Wildman–Crippen LogP) is 2.55. The Morgan fingerprint density at radius 2 is 2.29 bits per heavy atom. The number of halogens is 1. The summed E-state index contributed by atoms with van der Waals surface area (Å²) in [5.74, 6) is 0. The highest BCUT2D eigenvalue weighted by atomic mass is 127. The van der Waals surface area contributed by atoms with Crippen LogP contribution in [0.3, 0.4) is 0 Å². The quantitative estimate of drug-likeness (QED) is 0.843. The summed E-state index contributed by atoms with van der Waals surface area (Å²) in [6, 6.07) is 8.48. The van der Waals surface area contributed by atoms with Gasteiger partial charge in [0.05, 0.1) is 6.61 Å². The first-order chi connectivity index (χ1) is 6.76. The van der Waals surface area contributed by atoms with Gasteiger partial charge in [-0.05, 0) is 24.7 Å². The molecule has 14 heavy (non-hydrogen) atoms. The molecule has 0 unspecified atom stereocenters. The molecule has 78 valence electrons. The van der Waals surface area contributed by atoms with Crippen LogP contribution in [0.4, 0.5) is 0 Å². The van der Waals surface area contributed by atoms with Crippen LogP contribution in [0, 0.1) is 0 Å². The lowest BCUT2D eigenvalue weighted by Crippen LogP contribution is -2.21. The van der Waals surface area contributed by atoms with Gasteiger partial charge in [-0.15, -0.1) is 0 Å². The zero-order chi connectivity index (χ0) is 10.4. The van der Waals surface area contributed by atoms with E-state index in [1.807, 2.05) is 7.05 Å². The number of aliphatic hydroxyl groups excluding tert-OH is 1. The highest BCUT2D eigenvalue weighted by molar-refractivity contribution is 14.2. The van der Waals surface area contributed by atoms with E-state index in [2.05, 4.69) is 50.4 Å². The Morgan fingerprint density at radius 1 is 1.50 bits per heavy atom. The third-order valence-corrected chi connectivity index (χ3v) is 3.88. The molecule has 0 fully saturated rings. The molecular formula is C10H14INOS. The molecule has 0 saturated carbocycles. The Morgan fingerprint density at radius 3 is 2.93 bits per heavy atom. The summed E-state index contributed by atoms with van der Waals surface area (Å²) >= 11 is 2.28. The highest BCUT2D eigenvalue weighted by Crippen LogP contribution is 2.25. The van der Waals surface area contributed by atoms with Crippen LogP contribution in [-0.4, -0.2) is 30.2 Å². The van der Waals surface area contributed by atoms with Crippen molar-refractivity contribution in [2.24, 2.45) is 0 Å². The van der Waals surface area contributed by atoms with Crippen molar-refractivity contribution in [1.82, 2.24) is 4.90 Å². The number of benzene rings is 1. The second kappa shape index (κ2) is 6.66. The van der Waals surface area contributed by atoms with Gasteiger partial charge in [0.1, 0.15) is 0 Å². The molecule has 0 saturated heterocycles. The molecule has 0 amide bonds. The first kappa shape index (κ1) is 12.3. The first-order valence-electron chi connectivity index (χ1n) is 4.43. The van der Waals surface area contributed by atoms with E-state index in [1.54, 1.807) is 8.93 Å². The standard InChI is InChI=1S/C10H14INOS/c1-12(5-6-13)8-9-3-2-4-10(7-9)14-11/h2-4,7,13H,5-6,8H2,1H3. The number of rotatable bonds is 5. The normalized spacial score (nSPS) is 10.9. The minimum absolute atomic E-state index is 0.219. The van der Waals surface area contributed by atoms with Gasteiger partial charge >= 0.3 is 0 Å². The molecule has 1 aromatic rings. The predicted molar refractivity (Wildman–Crippen MR) is 69.7 cm³/mol. The van der Waals surface area contributed by atoms with Crippen LogP contribution in [-0.2, 0) is 6.54 Å². The third-order valence-electron chi connectivity index (χ3n) is 1.92. The van der Waals surface area contributed by atoms with E-state index < -0.39 is 0 Å². The molecule has 4 heteroatoms. The van der Waals surface area contributed by atoms with Crippen LogP contribution < -0.4 is 0 Å². The van der Waals surface area contributed by atoms with E-state index in [-0.39, 0.29) is 6.61 Å². The monoisotopic (exact) mass is 323 g/mol. The number of nitrogens with zero attached hydrogens (tertiary/aromatic N) is 1. The van der Waals surface area contributed by atoms with Crippen molar-refractivity contribution < 1.29 is 5.11 Å². The van der Waals surface area contributed by atoms with E-state index in [4.69, 9.17) is 5.11 Å². The molecule has 0 aliphatic heterocycles. The summed E-state index contributed by atoms with van der Waals surface area (Å²) < 4.78 is 0. The second-order valence-corrected chi connectivity index (χ2v) is 5.13. The maximum Gasteiger partial charge on any atom is 0.0558 e. The largest absolute Gasteiger partial charge is 0.395 e. The van der Waals surface area contributed by atoms with Crippen molar-refractivity contribution in [2.75, 3.05) is 20.2 Å². The molecular weight excluding hydrogens is 309 g/mol. The first-order valence-corrected chi connectivity index (χ1v) is 7.79. The zero-order valence-electron chi connectivity index (χ0n) is 8.11. The molecule has 0 aliphatic rings. The van der Waals surface area contributed by atoms with Gasteiger partial charge in [0.25, 0.3) is 0 Å². The van der Waals surface area contributed by atoms with Gasteiger partial charge in [0.15, 0.2) is 0 Å². The van der Waals surface area contributed by atoms with Crippen LogP contribution >= 0.6 is 30.1 Å². The number of hydrogen-bond donors (Lipinski definition) is 1. The van der Waals surface area contributed by atoms with Gasteiger partial charge in [0, 0.05) is 39.2 Å². The van der Waals surface area contributed by atoms with Gasteiger partial charge < -0.3 is 5.11 Å². The lowest BCUT2D eigenvalue weighted by molar-refractivity contribution is 0.217. The fourth-order valence-electron chi connectivity index (χ4n) is 1.25. The molecule has 0 bridgehead atoms. The third kappa shape index (κ3) is 4.16. The minimum atomic E-state index is 0.219. The zero-order valence-corrected chi connectivity index (χ0v) is 11.1. The molecule has 1 aromatic carbocycles. The van der Waals surface area contributed by atoms with E-state index in [0.717, 1.165) is 13.1 Å². The Hall–Kier alpha value is 0.220. The van der Waals surface area contributed by atoms with Crippen molar-refractivity contribution in [3.8, 4) is 0 Å². The topological polar surface area (TPSA) is 23.5 Å². The SMILES string of the molecule is CN(CCO)Cc1cccc(SI)c1. The summed E-state index contributed by atoms with van der Waals surface area (Å²) in [6.45, 7) is 1.84. The molecule has 1 N–H and O–H groups in total. The average Bonchev–Trinajstić information content (AvgIpc) is 2.18. The van der Waals surface area contributed by atoms with Crippen molar-refractivity contribution in [1.29, 1.82) is 0 Å². The molecule has 1 rings (SSSR count). The molecule has 0 heterocycles. The Kier molecular flexibility index (Phi) is 5.84. The van der Waals surface area contributed by atoms with Crippen LogP contribution in [0.15, 0.2) is 29.2 Å². The Labute approximate surface area is 101 Å². The number of hydrogen-bond acceptors (Lipinski definition) is 3. The van der Waals surface area contributed by atoms with Crippen molar-refractivity contribution in [3.63, 3.8) is 0 Å². The van der Waals surface area contributed by atoms with Crippen LogP contribution in [0.1, 0.15) is 5.56 Å². The molecule has 2 nitrogen and oxygen atoms in total. The Bertz CT molecular complexity index is 283. The minimum Gasteiger partial charge on any atom is -0.395 e. The van der Waals surface area contributed by atoms with E-state index in [0.29, 0.717) is 0 Å². The maximum atomic E-state index is 8.77. The number of likely N-dealkylation sites (N-methyl/N-ethyl adjacent to an activating group) is 1. The molecule has 0 atom stereocenters. The Balaban J connectivity index is 2.57. The molecule has 0 spiro atoms. The van der Waals surface area contributed by atoms with Crippen molar-refractivity contribution >= 4 is 30.1 Å². The van der Waals surface area contributed by atoms with E-state index in [9.17, 15) is 0 Å². The number of aliphatic hydroxyl groups is 1. The van der Waals surface area contributed by atoms with Crippen LogP contribution in [0.2, 0.25) is 0 Å². The van der Waals surface area contributed by atoms with E-state index >= 15 is 0 Å². The van der Waals surface area contributed by atoms with E-state index in [1.165, 1.54) is 10.5 Å². The summed E-state index contributed by atoms with van der Waals surface area (Å²) in [6.07, 6.45) is 0.